The second-order valence-corrected chi connectivity index (χ2v) is 4.19. The van der Waals surface area contributed by atoms with E-state index in [0.717, 1.165) is 0 Å². The molecule has 2 heterocycles. The Morgan fingerprint density at radius 3 is 2.62 bits per heavy atom. The van der Waals surface area contributed by atoms with Crippen LogP contribution in [0.1, 0.15) is 0 Å². The van der Waals surface area contributed by atoms with Gasteiger partial charge < -0.3 is 5.11 Å². The number of hydrogen-bond donors (Lipinski definition) is 2. The minimum absolute atomic E-state index is 0.186. The van der Waals surface area contributed by atoms with Crippen LogP contribution in [-0.2, 0) is 0 Å². The van der Waals surface area contributed by atoms with Crippen molar-refractivity contribution in [2.45, 2.75) is 0 Å². The van der Waals surface area contributed by atoms with E-state index >= 15 is 0 Å². The Labute approximate surface area is 119 Å². The first-order chi connectivity index (χ1) is 10.2. The van der Waals surface area contributed by atoms with Gasteiger partial charge in [-0.05, 0) is 36.4 Å². The fourth-order valence-electron chi connectivity index (χ4n) is 1.75. The van der Waals surface area contributed by atoms with E-state index in [0.29, 0.717) is 16.9 Å². The Morgan fingerprint density at radius 1 is 1.10 bits per heavy atom. The molecule has 0 saturated heterocycles. The normalized spacial score (nSPS) is 11.1. The molecule has 7 heteroatoms. The number of rotatable bonds is 3. The van der Waals surface area contributed by atoms with Gasteiger partial charge in [-0.1, -0.05) is 0 Å². The topological polar surface area (TPSA) is 86.5 Å². The lowest BCUT2D eigenvalue weighted by atomic mass is 10.1. The summed E-state index contributed by atoms with van der Waals surface area (Å²) < 4.78 is 13.0. The number of nitrogens with zero attached hydrogens (tertiary/aromatic N) is 4. The van der Waals surface area contributed by atoms with Gasteiger partial charge in [-0.15, -0.1) is 10.2 Å². The van der Waals surface area contributed by atoms with Crippen molar-refractivity contribution in [2.75, 3.05) is 0 Å². The average molecular weight is 283 g/mol. The van der Waals surface area contributed by atoms with Crippen molar-refractivity contribution in [3.8, 4) is 17.1 Å². The molecule has 3 rings (SSSR count). The molecule has 0 atom stereocenters. The predicted octanol–water partition coefficient (Wildman–Crippen LogP) is 3.73. The van der Waals surface area contributed by atoms with Crippen LogP contribution in [0.3, 0.4) is 0 Å². The number of hydrogen-bond acceptors (Lipinski definition) is 5. The summed E-state index contributed by atoms with van der Waals surface area (Å²) in [7, 11) is 0. The van der Waals surface area contributed by atoms with Crippen molar-refractivity contribution >= 4 is 11.4 Å². The molecule has 2 N–H and O–H groups in total. The standard InChI is InChI=1S/C14H10FN5O/c15-10-5-3-9(4-6-10)12-13(14(21)20-18-12)19-17-11-2-1-7-16-8-11/h1-8H,(H2,18,20,21)/b19-17+. The highest BCUT2D eigenvalue weighted by Crippen LogP contribution is 2.36. The molecule has 0 aliphatic heterocycles. The number of nitrogens with one attached hydrogen (secondary N) is 1. The summed E-state index contributed by atoms with van der Waals surface area (Å²) in [5.74, 6) is -0.556. The molecule has 0 unspecified atom stereocenters. The van der Waals surface area contributed by atoms with E-state index in [1.54, 1.807) is 30.5 Å². The fraction of sp³-hybridized carbons (Fsp3) is 0. The molecule has 3 aromatic rings. The lowest BCUT2D eigenvalue weighted by Gasteiger charge is -1.98. The zero-order chi connectivity index (χ0) is 14.7. The maximum atomic E-state index is 13.0. The third kappa shape index (κ3) is 2.76. The van der Waals surface area contributed by atoms with E-state index in [1.807, 2.05) is 0 Å². The molecule has 0 spiro atoms. The highest BCUT2D eigenvalue weighted by Gasteiger charge is 2.14. The summed E-state index contributed by atoms with van der Waals surface area (Å²) in [6.07, 6.45) is 3.16. The number of pyridine rings is 1. The molecule has 0 aliphatic rings. The van der Waals surface area contributed by atoms with Crippen molar-refractivity contribution in [1.29, 1.82) is 0 Å². The van der Waals surface area contributed by atoms with E-state index < -0.39 is 0 Å². The van der Waals surface area contributed by atoms with E-state index in [1.165, 1.54) is 18.3 Å². The Balaban J connectivity index is 1.98. The van der Waals surface area contributed by atoms with Crippen molar-refractivity contribution < 1.29 is 9.50 Å². The Bertz CT molecular complexity index is 768. The van der Waals surface area contributed by atoms with Crippen LogP contribution in [0.5, 0.6) is 5.88 Å². The van der Waals surface area contributed by atoms with Crippen LogP contribution in [0.15, 0.2) is 59.0 Å². The predicted molar refractivity (Wildman–Crippen MR) is 74.1 cm³/mol. The highest BCUT2D eigenvalue weighted by molar-refractivity contribution is 5.75. The van der Waals surface area contributed by atoms with Crippen LogP contribution >= 0.6 is 0 Å². The quantitative estimate of drug-likeness (QED) is 0.718. The lowest BCUT2D eigenvalue weighted by Crippen LogP contribution is -1.79. The SMILES string of the molecule is Oc1[nH]nc(-c2ccc(F)cc2)c1/N=N/c1cccnc1. The van der Waals surface area contributed by atoms with Crippen LogP contribution in [0.4, 0.5) is 15.8 Å². The largest absolute Gasteiger partial charge is 0.492 e. The van der Waals surface area contributed by atoms with Crippen LogP contribution in [0, 0.1) is 5.82 Å². The minimum Gasteiger partial charge on any atom is -0.492 e. The van der Waals surface area contributed by atoms with Gasteiger partial charge in [0.15, 0.2) is 5.69 Å². The van der Waals surface area contributed by atoms with Gasteiger partial charge in [0.25, 0.3) is 0 Å². The summed E-state index contributed by atoms with van der Waals surface area (Å²) in [5, 5.41) is 24.1. The molecule has 0 aliphatic carbocycles. The summed E-state index contributed by atoms with van der Waals surface area (Å²) in [5.41, 5.74) is 1.74. The van der Waals surface area contributed by atoms with E-state index in [2.05, 4.69) is 25.4 Å². The Morgan fingerprint density at radius 2 is 1.90 bits per heavy atom. The van der Waals surface area contributed by atoms with Gasteiger partial charge in [0.05, 0.1) is 6.20 Å². The maximum absolute atomic E-state index is 13.0. The van der Waals surface area contributed by atoms with Gasteiger partial charge in [-0.3, -0.25) is 4.98 Å². The Hall–Kier alpha value is -3.09. The second-order valence-electron chi connectivity index (χ2n) is 4.19. The van der Waals surface area contributed by atoms with Crippen LogP contribution in [0.25, 0.3) is 11.3 Å². The smallest absolute Gasteiger partial charge is 0.235 e. The number of aromatic nitrogens is 3. The molecule has 0 amide bonds. The molecule has 104 valence electrons. The van der Waals surface area contributed by atoms with Gasteiger partial charge in [-0.2, -0.15) is 5.10 Å². The molecular weight excluding hydrogens is 273 g/mol. The zero-order valence-electron chi connectivity index (χ0n) is 10.7. The number of benzene rings is 1. The molecule has 6 nitrogen and oxygen atoms in total. The summed E-state index contributed by atoms with van der Waals surface area (Å²) in [6, 6.07) is 9.17. The van der Waals surface area contributed by atoms with Gasteiger partial charge in [0.2, 0.25) is 5.88 Å². The number of aromatic hydroxyl groups is 1. The molecule has 0 fully saturated rings. The van der Waals surface area contributed by atoms with Crippen LogP contribution in [-0.4, -0.2) is 20.3 Å². The van der Waals surface area contributed by atoms with Gasteiger partial charge in [-0.25, -0.2) is 9.49 Å². The zero-order valence-corrected chi connectivity index (χ0v) is 10.7. The highest BCUT2D eigenvalue weighted by atomic mass is 19.1. The van der Waals surface area contributed by atoms with E-state index in [-0.39, 0.29) is 17.4 Å². The maximum Gasteiger partial charge on any atom is 0.235 e. The van der Waals surface area contributed by atoms with E-state index in [4.69, 9.17) is 0 Å². The molecule has 0 bridgehead atoms. The van der Waals surface area contributed by atoms with Crippen molar-refractivity contribution in [3.63, 3.8) is 0 Å². The average Bonchev–Trinajstić information content (AvgIpc) is 2.88. The first kappa shape index (κ1) is 12.9. The number of aromatic amines is 1. The van der Waals surface area contributed by atoms with Gasteiger partial charge >= 0.3 is 0 Å². The molecule has 0 saturated carbocycles. The van der Waals surface area contributed by atoms with Crippen LogP contribution < -0.4 is 0 Å². The molecular formula is C14H10FN5O. The number of H-pyrrole nitrogens is 1. The molecule has 1 aromatic carbocycles. The molecule has 0 radical (unpaired) electrons. The first-order valence-corrected chi connectivity index (χ1v) is 6.09. The van der Waals surface area contributed by atoms with Gasteiger partial charge in [0.1, 0.15) is 17.2 Å². The first-order valence-electron chi connectivity index (χ1n) is 6.09. The van der Waals surface area contributed by atoms with Crippen molar-refractivity contribution in [3.05, 3.63) is 54.6 Å². The third-order valence-electron chi connectivity index (χ3n) is 2.75. The number of azo groups is 1. The molecule has 2 aromatic heterocycles. The summed E-state index contributed by atoms with van der Waals surface area (Å²) >= 11 is 0. The third-order valence-corrected chi connectivity index (χ3v) is 2.75. The minimum atomic E-state index is -0.350. The number of halogens is 1. The Kier molecular flexibility index (Phi) is 3.38. The van der Waals surface area contributed by atoms with Crippen molar-refractivity contribution in [1.82, 2.24) is 15.2 Å². The van der Waals surface area contributed by atoms with Crippen molar-refractivity contribution in [2.24, 2.45) is 10.2 Å². The van der Waals surface area contributed by atoms with E-state index in [9.17, 15) is 9.50 Å². The molecule has 21 heavy (non-hydrogen) atoms. The summed E-state index contributed by atoms with van der Waals surface area (Å²) in [4.78, 5) is 3.92. The lowest BCUT2D eigenvalue weighted by molar-refractivity contribution is 0.453. The summed E-state index contributed by atoms with van der Waals surface area (Å²) in [6.45, 7) is 0. The van der Waals surface area contributed by atoms with Crippen LogP contribution in [0.2, 0.25) is 0 Å². The fourth-order valence-corrected chi connectivity index (χ4v) is 1.75. The second kappa shape index (κ2) is 5.49. The van der Waals surface area contributed by atoms with Gasteiger partial charge in [0, 0.05) is 11.8 Å². The monoisotopic (exact) mass is 283 g/mol.